The molecular formula is C20H16N2O4. The second kappa shape index (κ2) is 7.53. The molecule has 1 heterocycles. The monoisotopic (exact) mass is 348 g/mol. The minimum Gasteiger partial charge on any atom is -0.493 e. The van der Waals surface area contributed by atoms with Gasteiger partial charge >= 0.3 is 5.97 Å². The molecule has 3 rings (SSSR count). The van der Waals surface area contributed by atoms with Gasteiger partial charge in [-0.05, 0) is 42.8 Å². The molecule has 6 nitrogen and oxygen atoms in total. The van der Waals surface area contributed by atoms with Crippen LogP contribution in [0.3, 0.4) is 0 Å². The van der Waals surface area contributed by atoms with E-state index in [1.807, 2.05) is 37.3 Å². The molecule has 0 fully saturated rings. The number of carbonyl (C=O) groups excluding carboxylic acids is 1. The van der Waals surface area contributed by atoms with E-state index in [-0.39, 0.29) is 18.2 Å². The van der Waals surface area contributed by atoms with E-state index in [0.29, 0.717) is 17.1 Å². The first kappa shape index (κ1) is 17.2. The molecule has 26 heavy (non-hydrogen) atoms. The summed E-state index contributed by atoms with van der Waals surface area (Å²) in [6.07, 6.45) is 1.61. The summed E-state index contributed by atoms with van der Waals surface area (Å²) in [5.41, 5.74) is 2.71. The fourth-order valence-corrected chi connectivity index (χ4v) is 2.47. The van der Waals surface area contributed by atoms with Crippen LogP contribution >= 0.6 is 0 Å². The number of aliphatic imine (C=N–C) groups is 1. The zero-order chi connectivity index (χ0) is 18.5. The summed E-state index contributed by atoms with van der Waals surface area (Å²) in [7, 11) is 1.50. The van der Waals surface area contributed by atoms with Gasteiger partial charge in [-0.2, -0.15) is 5.26 Å². The van der Waals surface area contributed by atoms with Gasteiger partial charge in [-0.1, -0.05) is 23.8 Å². The van der Waals surface area contributed by atoms with Crippen molar-refractivity contribution < 1.29 is 19.0 Å². The number of esters is 1. The van der Waals surface area contributed by atoms with Gasteiger partial charge in [-0.3, -0.25) is 0 Å². The van der Waals surface area contributed by atoms with E-state index in [2.05, 4.69) is 4.99 Å². The van der Waals surface area contributed by atoms with E-state index >= 15 is 0 Å². The molecule has 1 aliphatic heterocycles. The van der Waals surface area contributed by atoms with Crippen LogP contribution in [0.1, 0.15) is 16.7 Å². The molecule has 2 aromatic rings. The highest BCUT2D eigenvalue weighted by atomic mass is 16.6. The second-order valence-corrected chi connectivity index (χ2v) is 5.56. The minimum absolute atomic E-state index is 0.0761. The molecule has 0 bridgehead atoms. The van der Waals surface area contributed by atoms with Crippen LogP contribution in [-0.4, -0.2) is 25.6 Å². The zero-order valence-corrected chi connectivity index (χ0v) is 14.4. The van der Waals surface area contributed by atoms with Crippen molar-refractivity contribution in [3.05, 3.63) is 64.9 Å². The minimum atomic E-state index is -0.509. The smallest absolute Gasteiger partial charge is 0.363 e. The van der Waals surface area contributed by atoms with Gasteiger partial charge in [0.2, 0.25) is 5.90 Å². The van der Waals surface area contributed by atoms with Gasteiger partial charge in [0, 0.05) is 5.56 Å². The van der Waals surface area contributed by atoms with Gasteiger partial charge in [0.25, 0.3) is 0 Å². The SMILES string of the molecule is COc1cc(/C=C2/N=C(c3cccc(C)c3)OC2=O)ccc1OCC#N. The first-order valence-electron chi connectivity index (χ1n) is 7.88. The molecule has 6 heteroatoms. The van der Waals surface area contributed by atoms with Gasteiger partial charge in [0.1, 0.15) is 6.07 Å². The first-order valence-corrected chi connectivity index (χ1v) is 7.88. The molecule has 0 N–H and O–H groups in total. The Kier molecular flexibility index (Phi) is 4.99. The molecular weight excluding hydrogens is 332 g/mol. The third-order valence-corrected chi connectivity index (χ3v) is 3.67. The summed E-state index contributed by atoms with van der Waals surface area (Å²) in [6.45, 7) is 1.88. The Balaban J connectivity index is 1.89. The summed E-state index contributed by atoms with van der Waals surface area (Å²) in [5.74, 6) is 0.689. The topological polar surface area (TPSA) is 80.9 Å². The number of nitrogens with zero attached hydrogens (tertiary/aromatic N) is 2. The molecule has 0 saturated carbocycles. The molecule has 0 aliphatic carbocycles. The van der Waals surface area contributed by atoms with E-state index in [9.17, 15) is 4.79 Å². The predicted molar refractivity (Wildman–Crippen MR) is 95.9 cm³/mol. The van der Waals surface area contributed by atoms with Gasteiger partial charge in [-0.25, -0.2) is 9.79 Å². The van der Waals surface area contributed by atoms with Crippen LogP contribution in [0.25, 0.3) is 6.08 Å². The highest BCUT2D eigenvalue weighted by Crippen LogP contribution is 2.29. The Labute approximate surface area is 151 Å². The van der Waals surface area contributed by atoms with Crippen molar-refractivity contribution in [3.63, 3.8) is 0 Å². The lowest BCUT2D eigenvalue weighted by molar-refractivity contribution is -0.129. The normalized spacial score (nSPS) is 14.6. The third kappa shape index (κ3) is 3.73. The quantitative estimate of drug-likeness (QED) is 0.612. The van der Waals surface area contributed by atoms with Gasteiger partial charge in [0.05, 0.1) is 7.11 Å². The van der Waals surface area contributed by atoms with Crippen LogP contribution in [0.4, 0.5) is 0 Å². The van der Waals surface area contributed by atoms with E-state index < -0.39 is 5.97 Å². The average Bonchev–Trinajstić information content (AvgIpc) is 3.01. The number of benzene rings is 2. The number of ether oxygens (including phenoxy) is 3. The number of hydrogen-bond donors (Lipinski definition) is 0. The zero-order valence-electron chi connectivity index (χ0n) is 14.4. The standard InChI is InChI=1S/C20H16N2O4/c1-13-4-3-5-15(10-13)19-22-16(20(23)26-19)11-14-6-7-17(25-9-8-21)18(12-14)24-2/h3-7,10-12H,9H2,1-2H3/b16-11+. The molecule has 0 atom stereocenters. The predicted octanol–water partition coefficient (Wildman–Crippen LogP) is 3.25. The fourth-order valence-electron chi connectivity index (χ4n) is 2.47. The van der Waals surface area contributed by atoms with E-state index in [4.69, 9.17) is 19.5 Å². The average molecular weight is 348 g/mol. The van der Waals surface area contributed by atoms with E-state index in [0.717, 1.165) is 11.1 Å². The fraction of sp³-hybridized carbons (Fsp3) is 0.150. The Morgan fingerprint density at radius 2 is 2.08 bits per heavy atom. The van der Waals surface area contributed by atoms with Crippen LogP contribution in [0.15, 0.2) is 53.2 Å². The molecule has 130 valence electrons. The summed E-state index contributed by atoms with van der Waals surface area (Å²) in [6, 6.07) is 14.6. The molecule has 0 radical (unpaired) electrons. The number of aryl methyl sites for hydroxylation is 1. The molecule has 0 amide bonds. The lowest BCUT2D eigenvalue weighted by Crippen LogP contribution is -2.05. The van der Waals surface area contributed by atoms with Crippen molar-refractivity contribution in [3.8, 4) is 17.6 Å². The van der Waals surface area contributed by atoms with Gasteiger partial charge in [0.15, 0.2) is 23.8 Å². The maximum absolute atomic E-state index is 12.1. The van der Waals surface area contributed by atoms with Crippen LogP contribution < -0.4 is 9.47 Å². The largest absolute Gasteiger partial charge is 0.493 e. The highest BCUT2D eigenvalue weighted by molar-refractivity contribution is 6.12. The molecule has 0 aromatic heterocycles. The molecule has 1 aliphatic rings. The van der Waals surface area contributed by atoms with Crippen molar-refractivity contribution in [1.82, 2.24) is 0 Å². The van der Waals surface area contributed by atoms with Crippen molar-refractivity contribution in [2.24, 2.45) is 4.99 Å². The summed E-state index contributed by atoms with van der Waals surface area (Å²) >= 11 is 0. The molecule has 2 aromatic carbocycles. The summed E-state index contributed by atoms with van der Waals surface area (Å²) in [4.78, 5) is 16.4. The van der Waals surface area contributed by atoms with Crippen molar-refractivity contribution in [2.45, 2.75) is 6.92 Å². The van der Waals surface area contributed by atoms with Crippen molar-refractivity contribution in [1.29, 1.82) is 5.26 Å². The molecule has 0 unspecified atom stereocenters. The lowest BCUT2D eigenvalue weighted by Gasteiger charge is -2.08. The summed E-state index contributed by atoms with van der Waals surface area (Å²) in [5, 5.41) is 8.61. The van der Waals surface area contributed by atoms with Crippen LogP contribution in [0, 0.1) is 18.3 Å². The van der Waals surface area contributed by atoms with E-state index in [1.165, 1.54) is 7.11 Å². The van der Waals surface area contributed by atoms with Crippen LogP contribution in [0.5, 0.6) is 11.5 Å². The maximum Gasteiger partial charge on any atom is 0.363 e. The number of methoxy groups -OCH3 is 1. The Morgan fingerprint density at radius 3 is 2.81 bits per heavy atom. The Hall–Kier alpha value is -3.59. The van der Waals surface area contributed by atoms with Gasteiger partial charge < -0.3 is 14.2 Å². The van der Waals surface area contributed by atoms with Gasteiger partial charge in [-0.15, -0.1) is 0 Å². The van der Waals surface area contributed by atoms with Crippen molar-refractivity contribution in [2.75, 3.05) is 13.7 Å². The second-order valence-electron chi connectivity index (χ2n) is 5.56. The third-order valence-electron chi connectivity index (χ3n) is 3.67. The van der Waals surface area contributed by atoms with Crippen molar-refractivity contribution >= 4 is 17.9 Å². The molecule has 0 spiro atoms. The highest BCUT2D eigenvalue weighted by Gasteiger charge is 2.24. The lowest BCUT2D eigenvalue weighted by atomic mass is 10.1. The van der Waals surface area contributed by atoms with E-state index in [1.54, 1.807) is 24.3 Å². The first-order chi connectivity index (χ1) is 12.6. The Bertz CT molecular complexity index is 955. The Morgan fingerprint density at radius 1 is 1.23 bits per heavy atom. The summed E-state index contributed by atoms with van der Waals surface area (Å²) < 4.78 is 15.8. The number of hydrogen-bond acceptors (Lipinski definition) is 6. The van der Waals surface area contributed by atoms with Crippen LogP contribution in [-0.2, 0) is 9.53 Å². The number of nitriles is 1. The number of cyclic esters (lactones) is 1. The van der Waals surface area contributed by atoms with Crippen LogP contribution in [0.2, 0.25) is 0 Å². The molecule has 0 saturated heterocycles. The maximum atomic E-state index is 12.1. The number of rotatable bonds is 5. The number of carbonyl (C=O) groups is 1.